The minimum absolute atomic E-state index is 0.0209. The van der Waals surface area contributed by atoms with Crippen molar-refractivity contribution in [2.24, 2.45) is 0 Å². The molecule has 0 bridgehead atoms. The average molecular weight is 470 g/mol. The summed E-state index contributed by atoms with van der Waals surface area (Å²) in [6.45, 7) is 4.79. The van der Waals surface area contributed by atoms with Gasteiger partial charge in [-0.2, -0.15) is 26.9 Å². The van der Waals surface area contributed by atoms with Crippen LogP contribution in [0.15, 0.2) is 40.9 Å². The molecule has 0 spiro atoms. The minimum atomic E-state index is -4.67. The molecule has 0 aliphatic rings. The smallest absolute Gasteiger partial charge is 0.419 e. The number of hydrogen-bond acceptors (Lipinski definition) is 5. The number of carbonyl (C=O) groups is 1. The van der Waals surface area contributed by atoms with Crippen LogP contribution in [0.4, 0.5) is 22.0 Å². The summed E-state index contributed by atoms with van der Waals surface area (Å²) in [5.74, 6) is -6.61. The van der Waals surface area contributed by atoms with E-state index in [9.17, 15) is 26.7 Å². The number of aliphatic carboxylic acids is 1. The molecule has 176 valence electrons. The SMILES string of the molecule is Cc1cc(CC(F)(F)C(=O)O)ccc1-c1noc(-c2ccc(OC(C)C)c(C(F)(F)F)c2)n1. The van der Waals surface area contributed by atoms with Crippen LogP contribution in [-0.2, 0) is 17.4 Å². The van der Waals surface area contributed by atoms with Crippen molar-refractivity contribution >= 4 is 5.97 Å². The van der Waals surface area contributed by atoms with Gasteiger partial charge in [-0.15, -0.1) is 0 Å². The van der Waals surface area contributed by atoms with E-state index >= 15 is 0 Å². The van der Waals surface area contributed by atoms with Crippen LogP contribution in [0.25, 0.3) is 22.8 Å². The third kappa shape index (κ3) is 5.47. The summed E-state index contributed by atoms with van der Waals surface area (Å²) in [7, 11) is 0. The first kappa shape index (κ1) is 24.1. The van der Waals surface area contributed by atoms with Gasteiger partial charge in [-0.1, -0.05) is 23.4 Å². The average Bonchev–Trinajstić information content (AvgIpc) is 3.16. The lowest BCUT2D eigenvalue weighted by Crippen LogP contribution is -2.30. The van der Waals surface area contributed by atoms with Crippen molar-refractivity contribution in [3.8, 4) is 28.6 Å². The van der Waals surface area contributed by atoms with E-state index in [2.05, 4.69) is 10.1 Å². The van der Waals surface area contributed by atoms with Crippen molar-refractivity contribution in [1.29, 1.82) is 0 Å². The van der Waals surface area contributed by atoms with E-state index in [4.69, 9.17) is 14.4 Å². The molecule has 0 amide bonds. The molecule has 0 aliphatic heterocycles. The lowest BCUT2D eigenvalue weighted by molar-refractivity contribution is -0.164. The molecule has 0 unspecified atom stereocenters. The summed E-state index contributed by atoms with van der Waals surface area (Å²) in [6, 6.07) is 7.45. The van der Waals surface area contributed by atoms with Crippen LogP contribution in [0.2, 0.25) is 0 Å². The van der Waals surface area contributed by atoms with E-state index in [1.54, 1.807) is 20.8 Å². The van der Waals surface area contributed by atoms with Gasteiger partial charge in [-0.05, 0) is 50.1 Å². The highest BCUT2D eigenvalue weighted by atomic mass is 19.4. The Morgan fingerprint density at radius 2 is 1.82 bits per heavy atom. The molecule has 6 nitrogen and oxygen atoms in total. The van der Waals surface area contributed by atoms with E-state index in [0.717, 1.165) is 6.07 Å². The Labute approximate surface area is 185 Å². The number of nitrogens with zero attached hydrogens (tertiary/aromatic N) is 2. The third-order valence-electron chi connectivity index (χ3n) is 4.59. The van der Waals surface area contributed by atoms with Crippen molar-refractivity contribution in [1.82, 2.24) is 10.1 Å². The summed E-state index contributed by atoms with van der Waals surface area (Å²) in [5, 5.41) is 12.4. The second-order valence-corrected chi connectivity index (χ2v) is 7.63. The Bertz CT molecular complexity index is 1170. The van der Waals surface area contributed by atoms with Gasteiger partial charge in [-0.3, -0.25) is 0 Å². The van der Waals surface area contributed by atoms with Crippen molar-refractivity contribution in [2.45, 2.75) is 45.4 Å². The molecule has 2 aromatic carbocycles. The molecular weight excluding hydrogens is 451 g/mol. The molecule has 1 aromatic heterocycles. The standard InChI is InChI=1S/C22H19F5N2O4/c1-11(2)32-17-7-5-14(9-16(17)22(25,26)27)19-28-18(29-33-19)15-6-4-13(8-12(15)3)10-21(23,24)20(30)31/h4-9,11H,10H2,1-3H3,(H,30,31). The van der Waals surface area contributed by atoms with E-state index < -0.39 is 36.2 Å². The number of ether oxygens (including phenoxy) is 1. The van der Waals surface area contributed by atoms with Crippen LogP contribution < -0.4 is 4.74 Å². The fourth-order valence-corrected chi connectivity index (χ4v) is 3.11. The number of hydrogen-bond donors (Lipinski definition) is 1. The van der Waals surface area contributed by atoms with E-state index in [1.807, 2.05) is 0 Å². The summed E-state index contributed by atoms with van der Waals surface area (Å²) < 4.78 is 77.7. The number of aromatic nitrogens is 2. The Balaban J connectivity index is 1.92. The molecule has 33 heavy (non-hydrogen) atoms. The van der Waals surface area contributed by atoms with Crippen molar-refractivity contribution in [3.63, 3.8) is 0 Å². The zero-order valence-electron chi connectivity index (χ0n) is 17.7. The molecule has 0 atom stereocenters. The third-order valence-corrected chi connectivity index (χ3v) is 4.59. The van der Waals surface area contributed by atoms with Gasteiger partial charge in [0.25, 0.3) is 5.89 Å². The molecule has 0 radical (unpaired) electrons. The lowest BCUT2D eigenvalue weighted by Gasteiger charge is -2.16. The minimum Gasteiger partial charge on any atom is -0.490 e. The number of carboxylic acid groups (broad SMARTS) is 1. The highest BCUT2D eigenvalue weighted by molar-refractivity contribution is 5.75. The number of carboxylic acids is 1. The maximum atomic E-state index is 13.5. The highest BCUT2D eigenvalue weighted by Crippen LogP contribution is 2.39. The fraction of sp³-hybridized carbons (Fsp3) is 0.318. The zero-order chi connectivity index (χ0) is 24.6. The monoisotopic (exact) mass is 470 g/mol. The van der Waals surface area contributed by atoms with E-state index in [1.165, 1.54) is 30.3 Å². The summed E-state index contributed by atoms with van der Waals surface area (Å²) in [5.41, 5.74) is -0.0373. The van der Waals surface area contributed by atoms with Crippen molar-refractivity contribution < 1.29 is 41.1 Å². The second kappa shape index (κ2) is 8.80. The van der Waals surface area contributed by atoms with Gasteiger partial charge in [-0.25, -0.2) is 4.79 Å². The predicted molar refractivity (Wildman–Crippen MR) is 107 cm³/mol. The molecule has 3 rings (SSSR count). The number of aryl methyl sites for hydroxylation is 1. The van der Waals surface area contributed by atoms with Gasteiger partial charge < -0.3 is 14.4 Å². The summed E-state index contributed by atoms with van der Waals surface area (Å²) in [6.07, 6.45) is -6.13. The quantitative estimate of drug-likeness (QED) is 0.441. The number of rotatable bonds is 7. The van der Waals surface area contributed by atoms with Crippen molar-refractivity contribution in [2.75, 3.05) is 0 Å². The molecular formula is C22H19F5N2O4. The first-order chi connectivity index (χ1) is 15.3. The second-order valence-electron chi connectivity index (χ2n) is 7.63. The molecule has 0 saturated carbocycles. The van der Waals surface area contributed by atoms with Gasteiger partial charge >= 0.3 is 18.1 Å². The topological polar surface area (TPSA) is 85.5 Å². The first-order valence-corrected chi connectivity index (χ1v) is 9.71. The largest absolute Gasteiger partial charge is 0.490 e. The zero-order valence-corrected chi connectivity index (χ0v) is 17.7. The normalized spacial score (nSPS) is 12.3. The number of alkyl halides is 5. The van der Waals surface area contributed by atoms with Gasteiger partial charge in [0.1, 0.15) is 5.75 Å². The maximum absolute atomic E-state index is 13.5. The van der Waals surface area contributed by atoms with Gasteiger partial charge in [0.05, 0.1) is 11.7 Å². The molecule has 1 N–H and O–H groups in total. The van der Waals surface area contributed by atoms with Crippen molar-refractivity contribution in [3.05, 3.63) is 53.1 Å². The Kier molecular flexibility index (Phi) is 6.44. The van der Waals surface area contributed by atoms with Crippen LogP contribution in [-0.4, -0.2) is 33.2 Å². The van der Waals surface area contributed by atoms with Crippen LogP contribution in [0.1, 0.15) is 30.5 Å². The van der Waals surface area contributed by atoms with Crippen LogP contribution in [0, 0.1) is 6.92 Å². The van der Waals surface area contributed by atoms with Gasteiger partial charge in [0, 0.05) is 17.5 Å². The summed E-state index contributed by atoms with van der Waals surface area (Å²) >= 11 is 0. The Hall–Kier alpha value is -3.50. The first-order valence-electron chi connectivity index (χ1n) is 9.71. The molecule has 1 heterocycles. The fourth-order valence-electron chi connectivity index (χ4n) is 3.11. The van der Waals surface area contributed by atoms with Crippen LogP contribution >= 0.6 is 0 Å². The number of halogens is 5. The Morgan fingerprint density at radius 1 is 1.12 bits per heavy atom. The Morgan fingerprint density at radius 3 is 2.39 bits per heavy atom. The number of benzene rings is 2. The molecule has 3 aromatic rings. The summed E-state index contributed by atoms with van der Waals surface area (Å²) in [4.78, 5) is 14.8. The van der Waals surface area contributed by atoms with Gasteiger partial charge in [0.2, 0.25) is 5.82 Å². The predicted octanol–water partition coefficient (Wildman–Crippen LogP) is 5.78. The van der Waals surface area contributed by atoms with E-state index in [-0.39, 0.29) is 28.6 Å². The molecule has 11 heteroatoms. The highest BCUT2D eigenvalue weighted by Gasteiger charge is 2.39. The molecule has 0 fully saturated rings. The van der Waals surface area contributed by atoms with Gasteiger partial charge in [0.15, 0.2) is 0 Å². The molecule has 0 aliphatic carbocycles. The molecule has 0 saturated heterocycles. The van der Waals surface area contributed by atoms with E-state index in [0.29, 0.717) is 11.1 Å². The van der Waals surface area contributed by atoms with Crippen LogP contribution in [0.3, 0.4) is 0 Å². The maximum Gasteiger partial charge on any atom is 0.419 e. The van der Waals surface area contributed by atoms with Crippen LogP contribution in [0.5, 0.6) is 5.75 Å². The lowest BCUT2D eigenvalue weighted by atomic mass is 10.0.